The summed E-state index contributed by atoms with van der Waals surface area (Å²) in [6, 6.07) is 0. The van der Waals surface area contributed by atoms with Crippen molar-refractivity contribution in [2.45, 2.75) is 51.7 Å². The molecule has 0 bridgehead atoms. The van der Waals surface area contributed by atoms with Crippen molar-refractivity contribution in [1.29, 1.82) is 0 Å². The van der Waals surface area contributed by atoms with Crippen molar-refractivity contribution in [3.8, 4) is 0 Å². The molecular weight excluding hydrogens is 230 g/mol. The molecule has 1 unspecified atom stereocenters. The van der Waals surface area contributed by atoms with Gasteiger partial charge in [-0.1, -0.05) is 6.92 Å². The summed E-state index contributed by atoms with van der Waals surface area (Å²) in [6.45, 7) is 7.53. The lowest BCUT2D eigenvalue weighted by Gasteiger charge is -2.27. The molecule has 1 fully saturated rings. The third-order valence-electron chi connectivity index (χ3n) is 3.49. The molecule has 1 atom stereocenters. The van der Waals surface area contributed by atoms with Crippen LogP contribution in [0, 0.1) is 5.92 Å². The molecule has 0 saturated heterocycles. The van der Waals surface area contributed by atoms with E-state index < -0.39 is 6.10 Å². The molecule has 1 aliphatic rings. The first kappa shape index (κ1) is 15.9. The van der Waals surface area contributed by atoms with Gasteiger partial charge >= 0.3 is 0 Å². The average Bonchev–Trinajstić information content (AvgIpc) is 2.38. The van der Waals surface area contributed by atoms with Gasteiger partial charge in [-0.25, -0.2) is 0 Å². The molecule has 0 aromatic rings. The summed E-state index contributed by atoms with van der Waals surface area (Å²) in [4.78, 5) is 0. The third-order valence-corrected chi connectivity index (χ3v) is 3.49. The highest BCUT2D eigenvalue weighted by molar-refractivity contribution is 4.70. The van der Waals surface area contributed by atoms with E-state index in [4.69, 9.17) is 9.47 Å². The Morgan fingerprint density at radius 1 is 1.28 bits per heavy atom. The Kier molecular flexibility index (Phi) is 8.59. The predicted molar refractivity (Wildman–Crippen MR) is 72.7 cm³/mol. The van der Waals surface area contributed by atoms with Crippen molar-refractivity contribution in [2.24, 2.45) is 5.92 Å². The Labute approximate surface area is 111 Å². The first-order chi connectivity index (χ1) is 8.72. The van der Waals surface area contributed by atoms with Crippen LogP contribution >= 0.6 is 0 Å². The van der Waals surface area contributed by atoms with Crippen molar-refractivity contribution in [3.63, 3.8) is 0 Å². The molecule has 1 rings (SSSR count). The van der Waals surface area contributed by atoms with Crippen LogP contribution in [0.2, 0.25) is 0 Å². The standard InChI is InChI=1S/C14H29NO3/c1-3-17-9-8-15-10-13(16)11-18-14-6-4-12(2)5-7-14/h12-16H,3-11H2,1-2H3. The predicted octanol–water partition coefficient (Wildman–Crippen LogP) is 1.57. The minimum absolute atomic E-state index is 0.360. The van der Waals surface area contributed by atoms with E-state index in [2.05, 4.69) is 12.2 Å². The van der Waals surface area contributed by atoms with Crippen LogP contribution in [0.3, 0.4) is 0 Å². The average molecular weight is 259 g/mol. The van der Waals surface area contributed by atoms with E-state index in [9.17, 15) is 5.11 Å². The topological polar surface area (TPSA) is 50.7 Å². The Balaban J connectivity index is 1.94. The molecule has 108 valence electrons. The second-order valence-electron chi connectivity index (χ2n) is 5.27. The van der Waals surface area contributed by atoms with Gasteiger partial charge in [-0.2, -0.15) is 0 Å². The maximum Gasteiger partial charge on any atom is 0.0897 e. The van der Waals surface area contributed by atoms with E-state index in [1.54, 1.807) is 0 Å². The van der Waals surface area contributed by atoms with Crippen molar-refractivity contribution in [2.75, 3.05) is 32.9 Å². The normalized spacial score (nSPS) is 26.2. The van der Waals surface area contributed by atoms with Crippen molar-refractivity contribution in [3.05, 3.63) is 0 Å². The summed E-state index contributed by atoms with van der Waals surface area (Å²) in [5, 5.41) is 12.9. The molecule has 0 radical (unpaired) electrons. The molecular formula is C14H29NO3. The fourth-order valence-electron chi connectivity index (χ4n) is 2.26. The zero-order valence-corrected chi connectivity index (χ0v) is 11.9. The van der Waals surface area contributed by atoms with Crippen LogP contribution in [0.4, 0.5) is 0 Å². The molecule has 4 nitrogen and oxygen atoms in total. The van der Waals surface area contributed by atoms with Crippen molar-refractivity contribution in [1.82, 2.24) is 5.32 Å². The van der Waals surface area contributed by atoms with E-state index in [0.717, 1.165) is 31.9 Å². The zero-order chi connectivity index (χ0) is 13.2. The molecule has 0 amide bonds. The van der Waals surface area contributed by atoms with E-state index in [-0.39, 0.29) is 0 Å². The largest absolute Gasteiger partial charge is 0.389 e. The van der Waals surface area contributed by atoms with Gasteiger partial charge in [0.25, 0.3) is 0 Å². The van der Waals surface area contributed by atoms with Crippen LogP contribution in [-0.4, -0.2) is 50.2 Å². The summed E-state index contributed by atoms with van der Waals surface area (Å²) in [6.07, 6.45) is 4.75. The first-order valence-corrected chi connectivity index (χ1v) is 7.30. The lowest BCUT2D eigenvalue weighted by Crippen LogP contribution is -2.34. The zero-order valence-electron chi connectivity index (χ0n) is 11.9. The highest BCUT2D eigenvalue weighted by Gasteiger charge is 2.19. The fraction of sp³-hybridized carbons (Fsp3) is 1.00. The van der Waals surface area contributed by atoms with Crippen molar-refractivity contribution >= 4 is 0 Å². The molecule has 2 N–H and O–H groups in total. The van der Waals surface area contributed by atoms with Gasteiger partial charge in [0.05, 0.1) is 25.4 Å². The van der Waals surface area contributed by atoms with E-state index in [0.29, 0.717) is 25.9 Å². The third kappa shape index (κ3) is 7.31. The molecule has 0 heterocycles. The highest BCUT2D eigenvalue weighted by atomic mass is 16.5. The maximum atomic E-state index is 9.76. The summed E-state index contributed by atoms with van der Waals surface area (Å²) in [5.74, 6) is 0.843. The van der Waals surface area contributed by atoms with Crippen molar-refractivity contribution < 1.29 is 14.6 Å². The number of aliphatic hydroxyl groups is 1. The second-order valence-corrected chi connectivity index (χ2v) is 5.27. The number of hydrogen-bond acceptors (Lipinski definition) is 4. The van der Waals surface area contributed by atoms with Gasteiger partial charge in [0.2, 0.25) is 0 Å². The molecule has 0 spiro atoms. The second kappa shape index (κ2) is 9.73. The Hall–Kier alpha value is -0.160. The number of nitrogens with one attached hydrogen (secondary N) is 1. The van der Waals surface area contributed by atoms with Crippen LogP contribution < -0.4 is 5.32 Å². The van der Waals surface area contributed by atoms with Gasteiger partial charge in [-0.15, -0.1) is 0 Å². The summed E-state index contributed by atoms with van der Waals surface area (Å²) in [7, 11) is 0. The Bertz CT molecular complexity index is 193. The smallest absolute Gasteiger partial charge is 0.0897 e. The minimum Gasteiger partial charge on any atom is -0.389 e. The van der Waals surface area contributed by atoms with Crippen LogP contribution in [0.25, 0.3) is 0 Å². The van der Waals surface area contributed by atoms with E-state index in [1.165, 1.54) is 12.8 Å². The SMILES string of the molecule is CCOCCNCC(O)COC1CCC(C)CC1. The molecule has 4 heteroatoms. The molecule has 0 aliphatic heterocycles. The van der Waals surface area contributed by atoms with Gasteiger partial charge in [0, 0.05) is 19.7 Å². The monoisotopic (exact) mass is 259 g/mol. The van der Waals surface area contributed by atoms with Gasteiger partial charge in [-0.05, 0) is 38.5 Å². The molecule has 0 aromatic carbocycles. The first-order valence-electron chi connectivity index (χ1n) is 7.30. The quantitative estimate of drug-likeness (QED) is 0.617. The van der Waals surface area contributed by atoms with Gasteiger partial charge in [0.15, 0.2) is 0 Å². The number of rotatable bonds is 9. The molecule has 1 saturated carbocycles. The summed E-state index contributed by atoms with van der Waals surface area (Å²) in [5.41, 5.74) is 0. The molecule has 18 heavy (non-hydrogen) atoms. The lowest BCUT2D eigenvalue weighted by atomic mass is 9.89. The van der Waals surface area contributed by atoms with E-state index >= 15 is 0 Å². The van der Waals surface area contributed by atoms with Crippen LogP contribution in [0.1, 0.15) is 39.5 Å². The molecule has 1 aliphatic carbocycles. The fourth-order valence-corrected chi connectivity index (χ4v) is 2.26. The number of aliphatic hydroxyl groups excluding tert-OH is 1. The van der Waals surface area contributed by atoms with Gasteiger partial charge in [0.1, 0.15) is 0 Å². The van der Waals surface area contributed by atoms with Gasteiger partial charge < -0.3 is 19.9 Å². The molecule has 0 aromatic heterocycles. The van der Waals surface area contributed by atoms with Crippen LogP contribution in [0.15, 0.2) is 0 Å². The summed E-state index contributed by atoms with van der Waals surface area (Å²) >= 11 is 0. The summed E-state index contributed by atoms with van der Waals surface area (Å²) < 4.78 is 11.0. The number of hydrogen-bond donors (Lipinski definition) is 2. The Morgan fingerprint density at radius 2 is 2.00 bits per heavy atom. The van der Waals surface area contributed by atoms with Gasteiger partial charge in [-0.3, -0.25) is 0 Å². The highest BCUT2D eigenvalue weighted by Crippen LogP contribution is 2.25. The van der Waals surface area contributed by atoms with Crippen LogP contribution in [0.5, 0.6) is 0 Å². The minimum atomic E-state index is -0.411. The van der Waals surface area contributed by atoms with Crippen LogP contribution in [-0.2, 0) is 9.47 Å². The number of ether oxygens (including phenoxy) is 2. The Morgan fingerprint density at radius 3 is 2.67 bits per heavy atom. The lowest BCUT2D eigenvalue weighted by molar-refractivity contribution is -0.0280. The maximum absolute atomic E-state index is 9.76. The van der Waals surface area contributed by atoms with E-state index in [1.807, 2.05) is 6.92 Å².